The molecule has 3 atom stereocenters. The third-order valence-corrected chi connectivity index (χ3v) is 3.14. The maximum atomic E-state index is 11.5. The Morgan fingerprint density at radius 2 is 2.44 bits per heavy atom. The van der Waals surface area contributed by atoms with Gasteiger partial charge in [-0.3, -0.25) is 0 Å². The van der Waals surface area contributed by atoms with Crippen LogP contribution in [-0.2, 0) is 14.3 Å². The zero-order valence-electron chi connectivity index (χ0n) is 8.92. The standard InChI is InChI=1S/C11H14O5/c1-15-10(13)8-5-16-11(14)9-6(4-12)2-3-7(8)9/h2,5,7,9,11-12,14H,3-4H2,1H3/t7-,9-,11?/m0/s1. The highest BCUT2D eigenvalue weighted by molar-refractivity contribution is 5.89. The number of ether oxygens (including phenoxy) is 2. The largest absolute Gasteiger partial charge is 0.472 e. The Bertz CT molecular complexity index is 357. The zero-order valence-corrected chi connectivity index (χ0v) is 8.92. The van der Waals surface area contributed by atoms with Crippen molar-refractivity contribution in [2.75, 3.05) is 13.7 Å². The topological polar surface area (TPSA) is 76.0 Å². The summed E-state index contributed by atoms with van der Waals surface area (Å²) in [5.74, 6) is -0.947. The molecule has 2 rings (SSSR count). The predicted molar refractivity (Wildman–Crippen MR) is 54.0 cm³/mol. The molecule has 0 aromatic heterocycles. The maximum absolute atomic E-state index is 11.5. The average molecular weight is 226 g/mol. The molecule has 1 aliphatic heterocycles. The van der Waals surface area contributed by atoms with Crippen LogP contribution in [0.4, 0.5) is 0 Å². The molecule has 0 fully saturated rings. The number of esters is 1. The lowest BCUT2D eigenvalue weighted by molar-refractivity contribution is -0.141. The van der Waals surface area contributed by atoms with Crippen molar-refractivity contribution in [1.29, 1.82) is 0 Å². The molecule has 1 aliphatic carbocycles. The number of carbonyl (C=O) groups is 1. The first-order chi connectivity index (χ1) is 7.69. The third-order valence-electron chi connectivity index (χ3n) is 3.14. The van der Waals surface area contributed by atoms with Gasteiger partial charge in [0.2, 0.25) is 6.29 Å². The molecule has 0 aromatic rings. The van der Waals surface area contributed by atoms with Crippen molar-refractivity contribution >= 4 is 5.97 Å². The smallest absolute Gasteiger partial charge is 0.337 e. The van der Waals surface area contributed by atoms with E-state index >= 15 is 0 Å². The lowest BCUT2D eigenvalue weighted by atomic mass is 9.83. The van der Waals surface area contributed by atoms with E-state index in [1.807, 2.05) is 6.08 Å². The number of aliphatic hydroxyl groups excluding tert-OH is 2. The number of fused-ring (bicyclic) bond motifs is 1. The van der Waals surface area contributed by atoms with Crippen molar-refractivity contribution in [3.63, 3.8) is 0 Å². The lowest BCUT2D eigenvalue weighted by Gasteiger charge is -2.31. The summed E-state index contributed by atoms with van der Waals surface area (Å²) < 4.78 is 9.65. The number of carbonyl (C=O) groups excluding carboxylic acids is 1. The molecule has 5 nitrogen and oxygen atoms in total. The van der Waals surface area contributed by atoms with E-state index in [-0.39, 0.29) is 18.4 Å². The molecule has 2 N–H and O–H groups in total. The molecule has 0 spiro atoms. The van der Waals surface area contributed by atoms with E-state index < -0.39 is 12.3 Å². The molecule has 2 aliphatic rings. The Kier molecular flexibility index (Phi) is 2.98. The van der Waals surface area contributed by atoms with E-state index in [0.717, 1.165) is 0 Å². The second-order valence-electron chi connectivity index (χ2n) is 3.90. The summed E-state index contributed by atoms with van der Waals surface area (Å²) in [5.41, 5.74) is 1.13. The van der Waals surface area contributed by atoms with Crippen molar-refractivity contribution in [2.45, 2.75) is 12.7 Å². The van der Waals surface area contributed by atoms with Crippen molar-refractivity contribution in [3.8, 4) is 0 Å². The van der Waals surface area contributed by atoms with E-state index in [1.165, 1.54) is 13.4 Å². The van der Waals surface area contributed by atoms with Gasteiger partial charge in [0.15, 0.2) is 0 Å². The first-order valence-corrected chi connectivity index (χ1v) is 5.10. The van der Waals surface area contributed by atoms with Gasteiger partial charge in [-0.2, -0.15) is 0 Å². The van der Waals surface area contributed by atoms with Crippen molar-refractivity contribution in [1.82, 2.24) is 0 Å². The molecular weight excluding hydrogens is 212 g/mol. The number of hydrogen-bond acceptors (Lipinski definition) is 5. The molecule has 0 amide bonds. The van der Waals surface area contributed by atoms with Crippen LogP contribution < -0.4 is 0 Å². The van der Waals surface area contributed by atoms with Gasteiger partial charge in [0.1, 0.15) is 0 Å². The summed E-state index contributed by atoms with van der Waals surface area (Å²) in [6, 6.07) is 0. The molecule has 0 aromatic carbocycles. The number of aliphatic hydroxyl groups is 2. The monoisotopic (exact) mass is 226 g/mol. The van der Waals surface area contributed by atoms with Crippen LogP contribution in [0, 0.1) is 11.8 Å². The van der Waals surface area contributed by atoms with Gasteiger partial charge in [0, 0.05) is 5.92 Å². The van der Waals surface area contributed by atoms with Crippen LogP contribution in [0.25, 0.3) is 0 Å². The van der Waals surface area contributed by atoms with Crippen molar-refractivity contribution in [2.24, 2.45) is 11.8 Å². The molecule has 1 unspecified atom stereocenters. The van der Waals surface area contributed by atoms with E-state index in [9.17, 15) is 9.90 Å². The first kappa shape index (κ1) is 11.2. The van der Waals surface area contributed by atoms with Crippen molar-refractivity contribution < 1.29 is 24.5 Å². The molecule has 5 heteroatoms. The van der Waals surface area contributed by atoms with E-state index in [0.29, 0.717) is 17.6 Å². The maximum Gasteiger partial charge on any atom is 0.337 e. The summed E-state index contributed by atoms with van der Waals surface area (Å²) in [6.45, 7) is -0.129. The second-order valence-corrected chi connectivity index (χ2v) is 3.90. The van der Waals surface area contributed by atoms with Crippen LogP contribution in [-0.4, -0.2) is 36.2 Å². The van der Waals surface area contributed by atoms with Crippen LogP contribution in [0.15, 0.2) is 23.5 Å². The molecular formula is C11H14O5. The van der Waals surface area contributed by atoms with Gasteiger partial charge >= 0.3 is 5.97 Å². The third kappa shape index (κ3) is 1.62. The number of hydrogen-bond donors (Lipinski definition) is 2. The van der Waals surface area contributed by atoms with Gasteiger partial charge in [-0.15, -0.1) is 0 Å². The van der Waals surface area contributed by atoms with Gasteiger partial charge in [-0.1, -0.05) is 6.08 Å². The number of methoxy groups -OCH3 is 1. The summed E-state index contributed by atoms with van der Waals surface area (Å²) in [4.78, 5) is 11.5. The minimum absolute atomic E-state index is 0.129. The summed E-state index contributed by atoms with van der Waals surface area (Å²) >= 11 is 0. The fraction of sp³-hybridized carbons (Fsp3) is 0.545. The molecule has 0 saturated carbocycles. The SMILES string of the molecule is COC(=O)C1=COC(O)[C@H]2C(CO)=CC[C@@H]12. The van der Waals surface area contributed by atoms with Gasteiger partial charge in [-0.05, 0) is 12.0 Å². The first-order valence-electron chi connectivity index (χ1n) is 5.10. The Morgan fingerprint density at radius 1 is 1.69 bits per heavy atom. The Hall–Kier alpha value is -1.33. The minimum Gasteiger partial charge on any atom is -0.472 e. The highest BCUT2D eigenvalue weighted by Crippen LogP contribution is 2.42. The summed E-state index contributed by atoms with van der Waals surface area (Å²) in [6.07, 6.45) is 2.71. The van der Waals surface area contributed by atoms with Crippen LogP contribution in [0.3, 0.4) is 0 Å². The summed E-state index contributed by atoms with van der Waals surface area (Å²) in [5, 5.41) is 18.8. The molecule has 88 valence electrons. The fourth-order valence-electron chi connectivity index (χ4n) is 2.32. The average Bonchev–Trinajstić information content (AvgIpc) is 2.73. The number of allylic oxidation sites excluding steroid dienone is 1. The molecule has 1 heterocycles. The van der Waals surface area contributed by atoms with Gasteiger partial charge in [-0.25, -0.2) is 4.79 Å². The highest BCUT2D eigenvalue weighted by Gasteiger charge is 2.43. The Balaban J connectivity index is 2.26. The van der Waals surface area contributed by atoms with E-state index in [1.54, 1.807) is 0 Å². The minimum atomic E-state index is -1.00. The summed E-state index contributed by atoms with van der Waals surface area (Å²) in [7, 11) is 1.30. The van der Waals surface area contributed by atoms with Crippen molar-refractivity contribution in [3.05, 3.63) is 23.5 Å². The quantitative estimate of drug-likeness (QED) is 0.510. The molecule has 0 radical (unpaired) electrons. The van der Waals surface area contributed by atoms with Gasteiger partial charge < -0.3 is 19.7 Å². The molecule has 16 heavy (non-hydrogen) atoms. The molecule has 0 saturated heterocycles. The van der Waals surface area contributed by atoms with Crippen LogP contribution in [0.1, 0.15) is 6.42 Å². The van der Waals surface area contributed by atoms with Crippen LogP contribution >= 0.6 is 0 Å². The Morgan fingerprint density at radius 3 is 3.06 bits per heavy atom. The highest BCUT2D eigenvalue weighted by atomic mass is 16.6. The van der Waals surface area contributed by atoms with E-state index in [4.69, 9.17) is 9.84 Å². The second kappa shape index (κ2) is 4.27. The lowest BCUT2D eigenvalue weighted by Crippen LogP contribution is -2.35. The zero-order chi connectivity index (χ0) is 11.7. The van der Waals surface area contributed by atoms with Crippen LogP contribution in [0.5, 0.6) is 0 Å². The number of rotatable bonds is 2. The van der Waals surface area contributed by atoms with Gasteiger partial charge in [0.05, 0.1) is 31.5 Å². The van der Waals surface area contributed by atoms with E-state index in [2.05, 4.69) is 4.74 Å². The Labute approximate surface area is 93.0 Å². The van der Waals surface area contributed by atoms with Gasteiger partial charge in [0.25, 0.3) is 0 Å². The molecule has 0 bridgehead atoms. The fourth-order valence-corrected chi connectivity index (χ4v) is 2.32. The van der Waals surface area contributed by atoms with Crippen LogP contribution in [0.2, 0.25) is 0 Å². The normalized spacial score (nSPS) is 32.3. The predicted octanol–water partition coefficient (Wildman–Crippen LogP) is -0.0533.